The molecule has 138 valence electrons. The van der Waals surface area contributed by atoms with Gasteiger partial charge >= 0.3 is 5.97 Å². The number of rotatable bonds is 6. The average Bonchev–Trinajstić information content (AvgIpc) is 2.64. The van der Waals surface area contributed by atoms with Crippen LogP contribution in [0.5, 0.6) is 0 Å². The normalized spacial score (nSPS) is 22.5. The van der Waals surface area contributed by atoms with Gasteiger partial charge in [0, 0.05) is 25.3 Å². The fourth-order valence-electron chi connectivity index (χ4n) is 4.10. The number of nitrogens with one attached hydrogen (secondary N) is 1. The molecule has 25 heavy (non-hydrogen) atoms. The SMILES string of the molecule is CCOC(=O)c1ccc(N[C@@H]2CCCN(CC3CCCCC3)C2)nc1. The molecular weight excluding hydrogens is 314 g/mol. The minimum atomic E-state index is -0.308. The lowest BCUT2D eigenvalue weighted by Crippen LogP contribution is -2.44. The van der Waals surface area contributed by atoms with E-state index in [4.69, 9.17) is 4.74 Å². The molecule has 3 rings (SSSR count). The Bertz CT molecular complexity index is 540. The third-order valence-corrected chi connectivity index (χ3v) is 5.37. The van der Waals surface area contributed by atoms with Crippen molar-refractivity contribution in [1.82, 2.24) is 9.88 Å². The molecule has 1 aromatic rings. The number of anilines is 1. The number of esters is 1. The van der Waals surface area contributed by atoms with Crippen molar-refractivity contribution in [2.24, 2.45) is 5.92 Å². The van der Waals surface area contributed by atoms with Crippen LogP contribution in [0.15, 0.2) is 18.3 Å². The van der Waals surface area contributed by atoms with Crippen molar-refractivity contribution in [1.29, 1.82) is 0 Å². The number of hydrogen-bond acceptors (Lipinski definition) is 5. The quantitative estimate of drug-likeness (QED) is 0.797. The fourth-order valence-corrected chi connectivity index (χ4v) is 4.10. The summed E-state index contributed by atoms with van der Waals surface area (Å²) >= 11 is 0. The van der Waals surface area contributed by atoms with Crippen LogP contribution in [0.2, 0.25) is 0 Å². The molecule has 0 spiro atoms. The second-order valence-electron chi connectivity index (χ2n) is 7.40. The van der Waals surface area contributed by atoms with Crippen LogP contribution in [0.3, 0.4) is 0 Å². The molecule has 0 amide bonds. The molecule has 2 fully saturated rings. The molecule has 1 saturated heterocycles. The minimum absolute atomic E-state index is 0.308. The van der Waals surface area contributed by atoms with Gasteiger partial charge in [-0.25, -0.2) is 9.78 Å². The van der Waals surface area contributed by atoms with Crippen LogP contribution < -0.4 is 5.32 Å². The van der Waals surface area contributed by atoms with Crippen molar-refractivity contribution in [3.05, 3.63) is 23.9 Å². The topological polar surface area (TPSA) is 54.5 Å². The van der Waals surface area contributed by atoms with Gasteiger partial charge in [0.25, 0.3) is 0 Å². The predicted molar refractivity (Wildman–Crippen MR) is 99.9 cm³/mol. The predicted octanol–water partition coefficient (Wildman–Crippen LogP) is 3.71. The molecular formula is C20H31N3O2. The van der Waals surface area contributed by atoms with E-state index in [1.54, 1.807) is 12.3 Å². The van der Waals surface area contributed by atoms with Gasteiger partial charge in [-0.3, -0.25) is 0 Å². The van der Waals surface area contributed by atoms with Gasteiger partial charge in [0.2, 0.25) is 0 Å². The highest BCUT2D eigenvalue weighted by atomic mass is 16.5. The Morgan fingerprint density at radius 3 is 2.80 bits per heavy atom. The Labute approximate surface area is 151 Å². The van der Waals surface area contributed by atoms with Gasteiger partial charge < -0.3 is 15.0 Å². The number of hydrogen-bond donors (Lipinski definition) is 1. The zero-order valence-corrected chi connectivity index (χ0v) is 15.4. The number of nitrogens with zero attached hydrogens (tertiary/aromatic N) is 2. The first kappa shape index (κ1) is 18.2. The van der Waals surface area contributed by atoms with Gasteiger partial charge in [0.1, 0.15) is 5.82 Å². The molecule has 1 N–H and O–H groups in total. The van der Waals surface area contributed by atoms with Crippen LogP contribution in [0.1, 0.15) is 62.2 Å². The summed E-state index contributed by atoms with van der Waals surface area (Å²) in [5.41, 5.74) is 0.509. The van der Waals surface area contributed by atoms with Gasteiger partial charge in [0.05, 0.1) is 12.2 Å². The van der Waals surface area contributed by atoms with Crippen molar-refractivity contribution < 1.29 is 9.53 Å². The van der Waals surface area contributed by atoms with E-state index < -0.39 is 0 Å². The number of piperidine rings is 1. The first-order valence-electron chi connectivity index (χ1n) is 9.86. The van der Waals surface area contributed by atoms with E-state index in [0.717, 1.165) is 18.3 Å². The van der Waals surface area contributed by atoms with Crippen molar-refractivity contribution >= 4 is 11.8 Å². The lowest BCUT2D eigenvalue weighted by Gasteiger charge is -2.36. The standard InChI is InChI=1S/C20H31N3O2/c1-2-25-20(24)17-10-11-19(21-13-17)22-18-9-6-12-23(15-18)14-16-7-4-3-5-8-16/h10-11,13,16,18H,2-9,12,14-15H2,1H3,(H,21,22)/t18-/m1/s1. The number of likely N-dealkylation sites (tertiary alicyclic amines) is 1. The molecule has 1 aliphatic carbocycles. The average molecular weight is 345 g/mol. The molecule has 1 aliphatic heterocycles. The van der Waals surface area contributed by atoms with Crippen LogP contribution in [0.25, 0.3) is 0 Å². The molecule has 2 aliphatic rings. The molecule has 5 heteroatoms. The van der Waals surface area contributed by atoms with Crippen LogP contribution in [0, 0.1) is 5.92 Å². The largest absolute Gasteiger partial charge is 0.462 e. The van der Waals surface area contributed by atoms with Gasteiger partial charge in [-0.1, -0.05) is 19.3 Å². The summed E-state index contributed by atoms with van der Waals surface area (Å²) in [6.45, 7) is 5.77. The summed E-state index contributed by atoms with van der Waals surface area (Å²) in [5, 5.41) is 3.54. The lowest BCUT2D eigenvalue weighted by atomic mass is 9.88. The number of carbonyl (C=O) groups is 1. The Kier molecular flexibility index (Phi) is 6.68. The van der Waals surface area contributed by atoms with E-state index in [1.807, 2.05) is 13.0 Å². The van der Waals surface area contributed by atoms with Crippen LogP contribution in [-0.2, 0) is 4.74 Å². The molecule has 0 radical (unpaired) electrons. The molecule has 0 bridgehead atoms. The Balaban J connectivity index is 1.49. The lowest BCUT2D eigenvalue weighted by molar-refractivity contribution is 0.0526. The van der Waals surface area contributed by atoms with Crippen LogP contribution in [-0.4, -0.2) is 48.1 Å². The molecule has 1 aromatic heterocycles. The van der Waals surface area contributed by atoms with Crippen molar-refractivity contribution in [2.45, 2.75) is 57.9 Å². The smallest absolute Gasteiger partial charge is 0.339 e. The highest BCUT2D eigenvalue weighted by Crippen LogP contribution is 2.26. The molecule has 2 heterocycles. The monoisotopic (exact) mass is 345 g/mol. The maximum absolute atomic E-state index is 11.7. The maximum atomic E-state index is 11.7. The van der Waals surface area contributed by atoms with Crippen molar-refractivity contribution in [2.75, 3.05) is 31.6 Å². The second-order valence-corrected chi connectivity index (χ2v) is 7.40. The van der Waals surface area contributed by atoms with E-state index in [2.05, 4.69) is 15.2 Å². The molecule has 1 atom stereocenters. The Morgan fingerprint density at radius 2 is 2.08 bits per heavy atom. The van der Waals surface area contributed by atoms with Crippen molar-refractivity contribution in [3.63, 3.8) is 0 Å². The minimum Gasteiger partial charge on any atom is -0.462 e. The Hall–Kier alpha value is -1.62. The summed E-state index contributed by atoms with van der Waals surface area (Å²) in [6.07, 6.45) is 11.1. The third kappa shape index (κ3) is 5.43. The van der Waals surface area contributed by atoms with E-state index in [9.17, 15) is 4.79 Å². The summed E-state index contributed by atoms with van der Waals surface area (Å²) in [5.74, 6) is 1.44. The van der Waals surface area contributed by atoms with Gasteiger partial charge in [-0.05, 0) is 57.2 Å². The van der Waals surface area contributed by atoms with E-state index in [0.29, 0.717) is 18.2 Å². The van der Waals surface area contributed by atoms with E-state index >= 15 is 0 Å². The summed E-state index contributed by atoms with van der Waals surface area (Å²) in [4.78, 5) is 18.7. The molecule has 0 unspecified atom stereocenters. The van der Waals surface area contributed by atoms with Crippen LogP contribution >= 0.6 is 0 Å². The number of pyridine rings is 1. The molecule has 0 aromatic carbocycles. The number of carbonyl (C=O) groups excluding carboxylic acids is 1. The van der Waals surface area contributed by atoms with E-state index in [-0.39, 0.29) is 5.97 Å². The first-order chi connectivity index (χ1) is 12.2. The number of ether oxygens (including phenoxy) is 1. The summed E-state index contributed by atoms with van der Waals surface area (Å²) in [6, 6.07) is 4.11. The van der Waals surface area contributed by atoms with Gasteiger partial charge in [0.15, 0.2) is 0 Å². The van der Waals surface area contributed by atoms with Crippen molar-refractivity contribution in [3.8, 4) is 0 Å². The van der Waals surface area contributed by atoms with Gasteiger partial charge in [-0.15, -0.1) is 0 Å². The van der Waals surface area contributed by atoms with E-state index in [1.165, 1.54) is 58.0 Å². The third-order valence-electron chi connectivity index (χ3n) is 5.37. The summed E-state index contributed by atoms with van der Waals surface area (Å²) in [7, 11) is 0. The first-order valence-corrected chi connectivity index (χ1v) is 9.86. The van der Waals surface area contributed by atoms with Gasteiger partial charge in [-0.2, -0.15) is 0 Å². The Morgan fingerprint density at radius 1 is 1.24 bits per heavy atom. The summed E-state index contributed by atoms with van der Waals surface area (Å²) < 4.78 is 5.00. The van der Waals surface area contributed by atoms with Crippen LogP contribution in [0.4, 0.5) is 5.82 Å². The highest BCUT2D eigenvalue weighted by Gasteiger charge is 2.23. The molecule has 1 saturated carbocycles. The molecule has 5 nitrogen and oxygen atoms in total. The fraction of sp³-hybridized carbons (Fsp3) is 0.700. The second kappa shape index (κ2) is 9.18. The highest BCUT2D eigenvalue weighted by molar-refractivity contribution is 5.89. The zero-order chi connectivity index (χ0) is 17.5. The zero-order valence-electron chi connectivity index (χ0n) is 15.4. The maximum Gasteiger partial charge on any atom is 0.339 e. The number of aromatic nitrogens is 1.